The van der Waals surface area contributed by atoms with E-state index in [4.69, 9.17) is 11.5 Å². The fraction of sp³-hybridized carbons (Fsp3) is 0. The monoisotopic (exact) mass is 231 g/mol. The third-order valence-electron chi connectivity index (χ3n) is 1.44. The van der Waals surface area contributed by atoms with E-state index in [1.807, 2.05) is 4.72 Å². The molecule has 0 amide bonds. The molecular formula is C7H9N3O2S2. The van der Waals surface area contributed by atoms with E-state index in [2.05, 4.69) is 12.2 Å². The Hall–Kier alpha value is -1.34. The molecule has 5 N–H and O–H groups in total. The number of nitrogens with two attached hydrogens (primary N) is 2. The van der Waals surface area contributed by atoms with E-state index in [-0.39, 0.29) is 15.7 Å². The van der Waals surface area contributed by atoms with Gasteiger partial charge in [-0.25, -0.2) is 8.42 Å². The van der Waals surface area contributed by atoms with E-state index in [9.17, 15) is 8.42 Å². The average molecular weight is 231 g/mol. The highest BCUT2D eigenvalue weighted by atomic mass is 32.2. The average Bonchev–Trinajstić information content (AvgIpc) is 2.02. The number of hydrogen-bond acceptors (Lipinski definition) is 4. The summed E-state index contributed by atoms with van der Waals surface area (Å²) in [6.07, 6.45) is 0. The number of benzene rings is 1. The van der Waals surface area contributed by atoms with Gasteiger partial charge in [0, 0.05) is 0 Å². The van der Waals surface area contributed by atoms with Crippen LogP contribution in [0.15, 0.2) is 29.2 Å². The van der Waals surface area contributed by atoms with Crippen molar-refractivity contribution in [1.29, 1.82) is 0 Å². The summed E-state index contributed by atoms with van der Waals surface area (Å²) in [7, 11) is -3.73. The van der Waals surface area contributed by atoms with Gasteiger partial charge >= 0.3 is 0 Å². The van der Waals surface area contributed by atoms with Crippen LogP contribution in [0.25, 0.3) is 0 Å². The van der Waals surface area contributed by atoms with Gasteiger partial charge in [-0.1, -0.05) is 12.1 Å². The molecule has 1 aromatic carbocycles. The number of para-hydroxylation sites is 1. The van der Waals surface area contributed by atoms with Crippen LogP contribution in [0.4, 0.5) is 5.69 Å². The van der Waals surface area contributed by atoms with Gasteiger partial charge in [-0.15, -0.1) is 0 Å². The topological polar surface area (TPSA) is 98.2 Å². The number of anilines is 1. The minimum Gasteiger partial charge on any atom is -0.398 e. The Morgan fingerprint density at radius 2 is 1.93 bits per heavy atom. The molecular weight excluding hydrogens is 222 g/mol. The second kappa shape index (κ2) is 3.81. The van der Waals surface area contributed by atoms with Crippen LogP contribution in [0.3, 0.4) is 0 Å². The molecule has 0 aromatic heterocycles. The second-order valence-electron chi connectivity index (χ2n) is 2.51. The van der Waals surface area contributed by atoms with E-state index >= 15 is 0 Å². The Morgan fingerprint density at radius 3 is 2.43 bits per heavy atom. The lowest BCUT2D eigenvalue weighted by Crippen LogP contribution is -2.35. The van der Waals surface area contributed by atoms with Gasteiger partial charge in [0.05, 0.1) is 5.69 Å². The lowest BCUT2D eigenvalue weighted by Gasteiger charge is -2.07. The van der Waals surface area contributed by atoms with Crippen LogP contribution in [0.1, 0.15) is 0 Å². The highest BCUT2D eigenvalue weighted by molar-refractivity contribution is 7.92. The normalized spacial score (nSPS) is 10.9. The standard InChI is InChI=1S/C7H9N3O2S2/c8-5-3-1-2-4-6(5)14(11,12)10-7(9)13/h1-4H,8H2,(H3,9,10,13). The molecule has 0 bridgehead atoms. The van der Waals surface area contributed by atoms with Crippen molar-refractivity contribution in [1.82, 2.24) is 4.72 Å². The molecule has 0 atom stereocenters. The van der Waals surface area contributed by atoms with E-state index in [0.717, 1.165) is 0 Å². The zero-order chi connectivity index (χ0) is 10.8. The Labute approximate surface area is 87.1 Å². The maximum atomic E-state index is 11.5. The van der Waals surface area contributed by atoms with Gasteiger partial charge in [0.2, 0.25) is 0 Å². The number of sulfonamides is 1. The van der Waals surface area contributed by atoms with Crippen LogP contribution in [-0.2, 0) is 10.0 Å². The summed E-state index contributed by atoms with van der Waals surface area (Å²) < 4.78 is 25.0. The van der Waals surface area contributed by atoms with Crippen molar-refractivity contribution >= 4 is 33.0 Å². The zero-order valence-corrected chi connectivity index (χ0v) is 8.73. The molecule has 0 saturated carbocycles. The van der Waals surface area contributed by atoms with E-state index < -0.39 is 10.0 Å². The predicted octanol–water partition coefficient (Wildman–Crippen LogP) is -0.209. The molecule has 14 heavy (non-hydrogen) atoms. The van der Waals surface area contributed by atoms with Crippen LogP contribution in [0.2, 0.25) is 0 Å². The first-order valence-electron chi connectivity index (χ1n) is 3.60. The number of nitrogens with one attached hydrogen (secondary N) is 1. The van der Waals surface area contributed by atoms with Crippen molar-refractivity contribution in [3.63, 3.8) is 0 Å². The van der Waals surface area contributed by atoms with Crippen LogP contribution >= 0.6 is 12.2 Å². The van der Waals surface area contributed by atoms with Gasteiger partial charge in [0.25, 0.3) is 10.0 Å². The fourth-order valence-corrected chi connectivity index (χ4v) is 2.25. The summed E-state index contributed by atoms with van der Waals surface area (Å²) in [6, 6.07) is 6.05. The molecule has 0 aliphatic rings. The largest absolute Gasteiger partial charge is 0.398 e. The lowest BCUT2D eigenvalue weighted by molar-refractivity contribution is 0.593. The summed E-state index contributed by atoms with van der Waals surface area (Å²) >= 11 is 4.43. The minimum absolute atomic E-state index is 0.0344. The summed E-state index contributed by atoms with van der Waals surface area (Å²) in [5, 5.41) is -0.312. The molecule has 0 fully saturated rings. The predicted molar refractivity (Wildman–Crippen MR) is 58.0 cm³/mol. The smallest absolute Gasteiger partial charge is 0.265 e. The molecule has 0 spiro atoms. The fourth-order valence-electron chi connectivity index (χ4n) is 0.913. The van der Waals surface area contributed by atoms with E-state index in [1.165, 1.54) is 12.1 Å². The first-order chi connectivity index (χ1) is 6.43. The molecule has 7 heteroatoms. The van der Waals surface area contributed by atoms with Crippen molar-refractivity contribution in [2.24, 2.45) is 5.73 Å². The van der Waals surface area contributed by atoms with E-state index in [1.54, 1.807) is 12.1 Å². The van der Waals surface area contributed by atoms with Gasteiger partial charge in [0.15, 0.2) is 5.11 Å². The van der Waals surface area contributed by atoms with Crippen LogP contribution in [-0.4, -0.2) is 13.5 Å². The highest BCUT2D eigenvalue weighted by Crippen LogP contribution is 2.16. The molecule has 0 unspecified atom stereocenters. The van der Waals surface area contributed by atoms with Crippen LogP contribution in [0, 0.1) is 0 Å². The molecule has 0 saturated heterocycles. The summed E-state index contributed by atoms with van der Waals surface area (Å²) in [5.41, 5.74) is 10.7. The van der Waals surface area contributed by atoms with Crippen molar-refractivity contribution < 1.29 is 8.42 Å². The van der Waals surface area contributed by atoms with Gasteiger partial charge in [0.1, 0.15) is 4.90 Å². The molecule has 0 aliphatic carbocycles. The zero-order valence-electron chi connectivity index (χ0n) is 7.10. The Morgan fingerprint density at radius 1 is 1.36 bits per heavy atom. The first-order valence-corrected chi connectivity index (χ1v) is 5.49. The van der Waals surface area contributed by atoms with Crippen LogP contribution in [0.5, 0.6) is 0 Å². The minimum atomic E-state index is -3.73. The highest BCUT2D eigenvalue weighted by Gasteiger charge is 2.16. The lowest BCUT2D eigenvalue weighted by atomic mass is 10.3. The van der Waals surface area contributed by atoms with Crippen LogP contribution < -0.4 is 16.2 Å². The van der Waals surface area contributed by atoms with Crippen molar-refractivity contribution in [2.75, 3.05) is 5.73 Å². The Kier molecular flexibility index (Phi) is 2.92. The molecule has 1 rings (SSSR count). The quantitative estimate of drug-likeness (QED) is 0.483. The number of hydrogen-bond donors (Lipinski definition) is 3. The SMILES string of the molecule is NC(=S)NS(=O)(=O)c1ccccc1N. The van der Waals surface area contributed by atoms with Crippen molar-refractivity contribution in [2.45, 2.75) is 4.90 Å². The Bertz CT molecular complexity index is 456. The molecule has 0 heterocycles. The van der Waals surface area contributed by atoms with Crippen molar-refractivity contribution in [3.8, 4) is 0 Å². The molecule has 1 aromatic rings. The maximum absolute atomic E-state index is 11.5. The number of rotatable bonds is 2. The summed E-state index contributed by atoms with van der Waals surface area (Å²) in [4.78, 5) is -0.0344. The molecule has 0 aliphatic heterocycles. The van der Waals surface area contributed by atoms with Crippen molar-refractivity contribution in [3.05, 3.63) is 24.3 Å². The van der Waals surface area contributed by atoms with Gasteiger partial charge in [-0.2, -0.15) is 0 Å². The summed E-state index contributed by atoms with van der Waals surface area (Å²) in [5.74, 6) is 0. The number of nitrogen functional groups attached to an aromatic ring is 1. The third kappa shape index (κ3) is 2.33. The first kappa shape index (κ1) is 10.7. The molecule has 5 nitrogen and oxygen atoms in total. The third-order valence-corrected chi connectivity index (χ3v) is 3.11. The Balaban J connectivity index is 3.17. The van der Waals surface area contributed by atoms with Gasteiger partial charge in [-0.3, -0.25) is 4.72 Å². The molecule has 76 valence electrons. The second-order valence-corrected chi connectivity index (χ2v) is 4.60. The van der Waals surface area contributed by atoms with Gasteiger partial charge in [-0.05, 0) is 24.4 Å². The van der Waals surface area contributed by atoms with Gasteiger partial charge < -0.3 is 11.5 Å². The molecule has 0 radical (unpaired) electrons. The van der Waals surface area contributed by atoms with E-state index in [0.29, 0.717) is 0 Å². The number of thiocarbonyl (C=S) groups is 1. The maximum Gasteiger partial charge on any atom is 0.265 e. The summed E-state index contributed by atoms with van der Waals surface area (Å²) in [6.45, 7) is 0.